The van der Waals surface area contributed by atoms with Gasteiger partial charge in [-0.2, -0.15) is 5.10 Å². The maximum atomic E-state index is 5.44. The van der Waals surface area contributed by atoms with Crippen molar-refractivity contribution in [3.05, 3.63) is 0 Å². The molecule has 2 N–H and O–H groups in total. The molecule has 0 aromatic heterocycles. The average molecular weight is 184 g/mol. The molecule has 0 unspecified atom stereocenters. The van der Waals surface area contributed by atoms with Crippen LogP contribution >= 0.6 is 0 Å². The molecule has 1 fully saturated rings. The zero-order valence-electron chi connectivity index (χ0n) is 8.84. The lowest BCUT2D eigenvalue weighted by Crippen LogP contribution is -2.33. The molecular formula is C10H20N2O. The second kappa shape index (κ2) is 4.09. The molecule has 0 saturated carbocycles. The van der Waals surface area contributed by atoms with Crippen LogP contribution in [0.4, 0.5) is 0 Å². The van der Waals surface area contributed by atoms with Crippen LogP contribution in [0, 0.1) is 11.3 Å². The Kier molecular flexibility index (Phi) is 3.31. The number of nitrogens with two attached hydrogens (primary N) is 1. The Morgan fingerprint density at radius 3 is 2.23 bits per heavy atom. The van der Waals surface area contributed by atoms with Crippen molar-refractivity contribution in [2.24, 2.45) is 22.3 Å². The quantitative estimate of drug-likeness (QED) is 0.383. The second-order valence-electron chi connectivity index (χ2n) is 4.65. The van der Waals surface area contributed by atoms with Crippen molar-refractivity contribution in [1.29, 1.82) is 0 Å². The van der Waals surface area contributed by atoms with E-state index in [-0.39, 0.29) is 5.41 Å². The van der Waals surface area contributed by atoms with Crippen molar-refractivity contribution in [2.75, 3.05) is 13.2 Å². The molecule has 1 rings (SSSR count). The molecular weight excluding hydrogens is 164 g/mol. The van der Waals surface area contributed by atoms with Gasteiger partial charge in [0.05, 0.1) is 0 Å². The minimum Gasteiger partial charge on any atom is -0.381 e. The van der Waals surface area contributed by atoms with Crippen molar-refractivity contribution in [2.45, 2.75) is 33.6 Å². The smallest absolute Gasteiger partial charge is 0.0472 e. The van der Waals surface area contributed by atoms with Crippen molar-refractivity contribution >= 4 is 5.71 Å². The summed E-state index contributed by atoms with van der Waals surface area (Å²) in [7, 11) is 0. The molecule has 0 radical (unpaired) electrons. The van der Waals surface area contributed by atoms with Gasteiger partial charge in [0, 0.05) is 30.3 Å². The van der Waals surface area contributed by atoms with Gasteiger partial charge in [-0.25, -0.2) is 0 Å². The van der Waals surface area contributed by atoms with Crippen LogP contribution < -0.4 is 5.84 Å². The van der Waals surface area contributed by atoms with E-state index in [1.54, 1.807) is 0 Å². The third-order valence-corrected chi connectivity index (χ3v) is 2.52. The molecule has 0 bridgehead atoms. The second-order valence-corrected chi connectivity index (χ2v) is 4.65. The zero-order chi connectivity index (χ0) is 9.90. The van der Waals surface area contributed by atoms with Gasteiger partial charge in [0.15, 0.2) is 0 Å². The van der Waals surface area contributed by atoms with Crippen molar-refractivity contribution in [3.8, 4) is 0 Å². The largest absolute Gasteiger partial charge is 0.381 e. The van der Waals surface area contributed by atoms with Gasteiger partial charge < -0.3 is 10.6 Å². The normalized spacial score (nSPS) is 21.9. The standard InChI is InChI=1S/C10H20N2O/c1-10(2,3)9(12-11)8-4-6-13-7-5-8/h8H,4-7,11H2,1-3H3/b12-9-. The monoisotopic (exact) mass is 184 g/mol. The van der Waals surface area contributed by atoms with Gasteiger partial charge in [-0.3, -0.25) is 0 Å². The number of rotatable bonds is 1. The summed E-state index contributed by atoms with van der Waals surface area (Å²) in [5.41, 5.74) is 1.23. The first kappa shape index (κ1) is 10.5. The Bertz CT molecular complexity index is 188. The van der Waals surface area contributed by atoms with E-state index < -0.39 is 0 Å². The first-order valence-electron chi connectivity index (χ1n) is 4.91. The third kappa shape index (κ3) is 2.69. The number of hydrogen-bond acceptors (Lipinski definition) is 3. The third-order valence-electron chi connectivity index (χ3n) is 2.52. The van der Waals surface area contributed by atoms with E-state index in [0.29, 0.717) is 5.92 Å². The summed E-state index contributed by atoms with van der Waals surface area (Å²) in [5, 5.41) is 3.94. The minimum atomic E-state index is 0.0940. The molecule has 1 heterocycles. The molecule has 0 atom stereocenters. The molecule has 3 heteroatoms. The maximum absolute atomic E-state index is 5.44. The summed E-state index contributed by atoms with van der Waals surface area (Å²) >= 11 is 0. The highest BCUT2D eigenvalue weighted by molar-refractivity contribution is 5.91. The van der Waals surface area contributed by atoms with Crippen LogP contribution in [0.2, 0.25) is 0 Å². The average Bonchev–Trinajstić information content (AvgIpc) is 2.05. The Morgan fingerprint density at radius 2 is 1.85 bits per heavy atom. The van der Waals surface area contributed by atoms with Crippen molar-refractivity contribution in [3.63, 3.8) is 0 Å². The molecule has 0 spiro atoms. The minimum absolute atomic E-state index is 0.0940. The van der Waals surface area contributed by atoms with Gasteiger partial charge in [-0.1, -0.05) is 20.8 Å². The van der Waals surface area contributed by atoms with Gasteiger partial charge in [0.25, 0.3) is 0 Å². The van der Waals surface area contributed by atoms with Crippen LogP contribution in [0.15, 0.2) is 5.10 Å². The van der Waals surface area contributed by atoms with Gasteiger partial charge in [-0.05, 0) is 12.8 Å². The SMILES string of the molecule is CC(C)(C)/C(=N\N)C1CCOCC1. The van der Waals surface area contributed by atoms with Gasteiger partial charge >= 0.3 is 0 Å². The van der Waals surface area contributed by atoms with E-state index in [1.165, 1.54) is 0 Å². The lowest BCUT2D eigenvalue weighted by Gasteiger charge is -2.30. The van der Waals surface area contributed by atoms with E-state index in [2.05, 4.69) is 25.9 Å². The molecule has 13 heavy (non-hydrogen) atoms. The lowest BCUT2D eigenvalue weighted by molar-refractivity contribution is 0.0809. The molecule has 1 saturated heterocycles. The summed E-state index contributed by atoms with van der Waals surface area (Å²) in [4.78, 5) is 0. The number of hydrazone groups is 1. The van der Waals surface area contributed by atoms with E-state index in [4.69, 9.17) is 10.6 Å². The van der Waals surface area contributed by atoms with E-state index in [9.17, 15) is 0 Å². The Balaban J connectivity index is 2.66. The Labute approximate surface area is 80.3 Å². The van der Waals surface area contributed by atoms with Crippen molar-refractivity contribution in [1.82, 2.24) is 0 Å². The summed E-state index contributed by atoms with van der Waals surface area (Å²) < 4.78 is 5.31. The predicted molar refractivity (Wildman–Crippen MR) is 54.6 cm³/mol. The van der Waals surface area contributed by atoms with Crippen LogP contribution in [-0.2, 0) is 4.74 Å². The van der Waals surface area contributed by atoms with Crippen LogP contribution in [0.3, 0.4) is 0 Å². The van der Waals surface area contributed by atoms with E-state index >= 15 is 0 Å². The Morgan fingerprint density at radius 1 is 1.31 bits per heavy atom. The molecule has 0 amide bonds. The van der Waals surface area contributed by atoms with E-state index in [1.807, 2.05) is 0 Å². The van der Waals surface area contributed by atoms with Gasteiger partial charge in [0.2, 0.25) is 0 Å². The Hall–Kier alpha value is -0.570. The predicted octanol–water partition coefficient (Wildman–Crippen LogP) is 1.77. The van der Waals surface area contributed by atoms with Crippen molar-refractivity contribution < 1.29 is 4.74 Å². The zero-order valence-corrected chi connectivity index (χ0v) is 8.84. The van der Waals surface area contributed by atoms with Gasteiger partial charge in [0.1, 0.15) is 0 Å². The topological polar surface area (TPSA) is 47.6 Å². The molecule has 0 aliphatic carbocycles. The maximum Gasteiger partial charge on any atom is 0.0472 e. The van der Waals surface area contributed by atoms with E-state index in [0.717, 1.165) is 31.8 Å². The first-order chi connectivity index (χ1) is 6.05. The molecule has 1 aliphatic heterocycles. The van der Waals surface area contributed by atoms with Crippen LogP contribution in [0.5, 0.6) is 0 Å². The molecule has 1 aliphatic rings. The van der Waals surface area contributed by atoms with Gasteiger partial charge in [-0.15, -0.1) is 0 Å². The highest BCUT2D eigenvalue weighted by Crippen LogP contribution is 2.27. The lowest BCUT2D eigenvalue weighted by atomic mass is 9.79. The number of nitrogens with zero attached hydrogens (tertiary/aromatic N) is 1. The molecule has 76 valence electrons. The first-order valence-corrected chi connectivity index (χ1v) is 4.91. The molecule has 3 nitrogen and oxygen atoms in total. The summed E-state index contributed by atoms with van der Waals surface area (Å²) in [5.74, 6) is 5.96. The highest BCUT2D eigenvalue weighted by atomic mass is 16.5. The highest BCUT2D eigenvalue weighted by Gasteiger charge is 2.28. The van der Waals surface area contributed by atoms with Crippen LogP contribution in [0.25, 0.3) is 0 Å². The van der Waals surface area contributed by atoms with Crippen LogP contribution in [0.1, 0.15) is 33.6 Å². The molecule has 0 aromatic rings. The van der Waals surface area contributed by atoms with Crippen LogP contribution in [-0.4, -0.2) is 18.9 Å². The molecule has 0 aromatic carbocycles. The number of hydrogen-bond donors (Lipinski definition) is 1. The summed E-state index contributed by atoms with van der Waals surface area (Å²) in [6, 6.07) is 0. The summed E-state index contributed by atoms with van der Waals surface area (Å²) in [6.45, 7) is 8.18. The fourth-order valence-corrected chi connectivity index (χ4v) is 1.88. The summed E-state index contributed by atoms with van der Waals surface area (Å²) in [6.07, 6.45) is 2.13. The fourth-order valence-electron chi connectivity index (χ4n) is 1.88. The fraction of sp³-hybridized carbons (Fsp3) is 0.900. The number of ether oxygens (including phenoxy) is 1.